The zero-order chi connectivity index (χ0) is 8.55. The zero-order valence-electron chi connectivity index (χ0n) is 6.63. The number of fused-ring (bicyclic) bond motifs is 1. The third-order valence-corrected chi connectivity index (χ3v) is 2.05. The topological polar surface area (TPSA) is 29.1 Å². The van der Waals surface area contributed by atoms with Gasteiger partial charge in [0.2, 0.25) is 0 Å². The maximum Gasteiger partial charge on any atom is 0.251 e. The molecule has 0 aromatic heterocycles. The van der Waals surface area contributed by atoms with Crippen molar-refractivity contribution in [2.45, 2.75) is 6.54 Å². The van der Waals surface area contributed by atoms with Gasteiger partial charge in [-0.05, 0) is 17.2 Å². The SMILES string of the molecule is C=Cc1ccc2c(c1)C(=O)NC2. The van der Waals surface area contributed by atoms with Gasteiger partial charge in [-0.15, -0.1) is 0 Å². The smallest absolute Gasteiger partial charge is 0.251 e. The van der Waals surface area contributed by atoms with E-state index in [0.717, 1.165) is 16.7 Å². The molecule has 1 aliphatic heterocycles. The Bertz CT molecular complexity index is 355. The molecular weight excluding hydrogens is 150 g/mol. The average Bonchev–Trinajstić information content (AvgIpc) is 2.47. The van der Waals surface area contributed by atoms with Gasteiger partial charge in [-0.3, -0.25) is 4.79 Å². The fraction of sp³-hybridized carbons (Fsp3) is 0.100. The van der Waals surface area contributed by atoms with Crippen LogP contribution >= 0.6 is 0 Å². The number of amides is 1. The van der Waals surface area contributed by atoms with E-state index in [0.29, 0.717) is 6.54 Å². The Morgan fingerprint density at radius 2 is 2.33 bits per heavy atom. The lowest BCUT2D eigenvalue weighted by atomic mass is 10.1. The number of rotatable bonds is 1. The highest BCUT2D eigenvalue weighted by atomic mass is 16.1. The van der Waals surface area contributed by atoms with Gasteiger partial charge in [-0.1, -0.05) is 24.8 Å². The minimum absolute atomic E-state index is 0.0219. The summed E-state index contributed by atoms with van der Waals surface area (Å²) >= 11 is 0. The van der Waals surface area contributed by atoms with Gasteiger partial charge in [0.05, 0.1) is 0 Å². The predicted octanol–water partition coefficient (Wildman–Crippen LogP) is 1.57. The van der Waals surface area contributed by atoms with Crippen LogP contribution in [0.3, 0.4) is 0 Å². The summed E-state index contributed by atoms with van der Waals surface area (Å²) in [5.41, 5.74) is 2.85. The van der Waals surface area contributed by atoms with E-state index >= 15 is 0 Å². The fourth-order valence-electron chi connectivity index (χ4n) is 1.36. The van der Waals surface area contributed by atoms with E-state index in [1.807, 2.05) is 18.2 Å². The number of hydrogen-bond donors (Lipinski definition) is 1. The summed E-state index contributed by atoms with van der Waals surface area (Å²) in [5.74, 6) is 0.0219. The Hall–Kier alpha value is -1.57. The van der Waals surface area contributed by atoms with E-state index < -0.39 is 0 Å². The van der Waals surface area contributed by atoms with Crippen LogP contribution in [-0.2, 0) is 6.54 Å². The van der Waals surface area contributed by atoms with Crippen LogP contribution in [0.4, 0.5) is 0 Å². The summed E-state index contributed by atoms with van der Waals surface area (Å²) in [6, 6.07) is 5.79. The summed E-state index contributed by atoms with van der Waals surface area (Å²) in [4.78, 5) is 11.2. The van der Waals surface area contributed by atoms with Crippen molar-refractivity contribution in [2.75, 3.05) is 0 Å². The second kappa shape index (κ2) is 2.48. The number of hydrogen-bond acceptors (Lipinski definition) is 1. The minimum atomic E-state index is 0.0219. The third kappa shape index (κ3) is 0.925. The zero-order valence-corrected chi connectivity index (χ0v) is 6.63. The molecule has 12 heavy (non-hydrogen) atoms. The number of carbonyl (C=O) groups is 1. The quantitative estimate of drug-likeness (QED) is 0.662. The lowest BCUT2D eigenvalue weighted by molar-refractivity contribution is 0.0966. The molecular formula is C10H9NO. The first-order chi connectivity index (χ1) is 5.81. The maximum absolute atomic E-state index is 11.2. The van der Waals surface area contributed by atoms with Crippen LogP contribution in [0.15, 0.2) is 24.8 Å². The molecule has 0 unspecified atom stereocenters. The molecule has 0 radical (unpaired) electrons. The maximum atomic E-state index is 11.2. The van der Waals surface area contributed by atoms with Crippen LogP contribution in [0.25, 0.3) is 6.08 Å². The highest BCUT2D eigenvalue weighted by molar-refractivity contribution is 5.98. The molecule has 0 saturated carbocycles. The Balaban J connectivity index is 2.57. The molecule has 0 atom stereocenters. The highest BCUT2D eigenvalue weighted by Crippen LogP contribution is 2.17. The molecule has 0 fully saturated rings. The summed E-state index contributed by atoms with van der Waals surface area (Å²) in [6.45, 7) is 4.31. The van der Waals surface area contributed by atoms with Crippen LogP contribution in [0, 0.1) is 0 Å². The molecule has 2 rings (SSSR count). The van der Waals surface area contributed by atoms with Crippen LogP contribution < -0.4 is 5.32 Å². The van der Waals surface area contributed by atoms with Gasteiger partial charge in [-0.2, -0.15) is 0 Å². The van der Waals surface area contributed by atoms with E-state index in [4.69, 9.17) is 0 Å². The van der Waals surface area contributed by atoms with E-state index in [2.05, 4.69) is 11.9 Å². The Labute approximate surface area is 70.9 Å². The van der Waals surface area contributed by atoms with E-state index in [1.165, 1.54) is 0 Å². The number of nitrogens with one attached hydrogen (secondary N) is 1. The largest absolute Gasteiger partial charge is 0.348 e. The van der Waals surface area contributed by atoms with Crippen molar-refractivity contribution in [2.24, 2.45) is 0 Å². The Morgan fingerprint density at radius 1 is 1.50 bits per heavy atom. The second-order valence-corrected chi connectivity index (χ2v) is 2.80. The van der Waals surface area contributed by atoms with Gasteiger partial charge in [0.25, 0.3) is 5.91 Å². The first-order valence-corrected chi connectivity index (χ1v) is 3.85. The molecule has 1 heterocycles. The second-order valence-electron chi connectivity index (χ2n) is 2.80. The monoisotopic (exact) mass is 159 g/mol. The van der Waals surface area contributed by atoms with Crippen molar-refractivity contribution >= 4 is 12.0 Å². The highest BCUT2D eigenvalue weighted by Gasteiger charge is 2.17. The molecule has 1 aromatic carbocycles. The summed E-state index contributed by atoms with van der Waals surface area (Å²) in [6.07, 6.45) is 1.74. The third-order valence-electron chi connectivity index (χ3n) is 2.05. The van der Waals surface area contributed by atoms with Gasteiger partial charge >= 0.3 is 0 Å². The first-order valence-electron chi connectivity index (χ1n) is 3.85. The average molecular weight is 159 g/mol. The lowest BCUT2D eigenvalue weighted by Crippen LogP contribution is -2.12. The van der Waals surface area contributed by atoms with Crippen LogP contribution in [0.1, 0.15) is 21.5 Å². The van der Waals surface area contributed by atoms with E-state index in [1.54, 1.807) is 6.08 Å². The molecule has 2 nitrogen and oxygen atoms in total. The molecule has 1 N–H and O–H groups in total. The molecule has 0 bridgehead atoms. The van der Waals surface area contributed by atoms with E-state index in [9.17, 15) is 4.79 Å². The standard InChI is InChI=1S/C10H9NO/c1-2-7-3-4-8-6-11-10(12)9(8)5-7/h2-5H,1,6H2,(H,11,12). The van der Waals surface area contributed by atoms with Gasteiger partial charge in [0.1, 0.15) is 0 Å². The van der Waals surface area contributed by atoms with Crippen molar-refractivity contribution in [1.82, 2.24) is 5.32 Å². The Kier molecular flexibility index (Phi) is 1.47. The van der Waals surface area contributed by atoms with Gasteiger partial charge in [-0.25, -0.2) is 0 Å². The molecule has 60 valence electrons. The van der Waals surface area contributed by atoms with Crippen LogP contribution in [0.2, 0.25) is 0 Å². The lowest BCUT2D eigenvalue weighted by Gasteiger charge is -1.96. The van der Waals surface area contributed by atoms with Crippen molar-refractivity contribution in [3.63, 3.8) is 0 Å². The molecule has 1 aliphatic rings. The van der Waals surface area contributed by atoms with Crippen LogP contribution in [-0.4, -0.2) is 5.91 Å². The first kappa shape index (κ1) is 7.10. The summed E-state index contributed by atoms with van der Waals surface area (Å²) in [5, 5.41) is 2.76. The minimum Gasteiger partial charge on any atom is -0.348 e. The van der Waals surface area contributed by atoms with Crippen molar-refractivity contribution < 1.29 is 4.79 Å². The fourth-order valence-corrected chi connectivity index (χ4v) is 1.36. The van der Waals surface area contributed by atoms with Gasteiger partial charge in [0, 0.05) is 12.1 Å². The molecule has 2 heteroatoms. The normalized spacial score (nSPS) is 13.8. The van der Waals surface area contributed by atoms with Crippen LogP contribution in [0.5, 0.6) is 0 Å². The van der Waals surface area contributed by atoms with Crippen molar-refractivity contribution in [1.29, 1.82) is 0 Å². The number of benzene rings is 1. The summed E-state index contributed by atoms with van der Waals surface area (Å²) in [7, 11) is 0. The molecule has 0 saturated heterocycles. The molecule has 0 spiro atoms. The van der Waals surface area contributed by atoms with Crippen molar-refractivity contribution in [3.8, 4) is 0 Å². The van der Waals surface area contributed by atoms with Gasteiger partial charge < -0.3 is 5.32 Å². The molecule has 1 aromatic rings. The predicted molar refractivity (Wildman–Crippen MR) is 47.7 cm³/mol. The van der Waals surface area contributed by atoms with E-state index in [-0.39, 0.29) is 5.91 Å². The number of carbonyl (C=O) groups excluding carboxylic acids is 1. The Morgan fingerprint density at radius 3 is 3.08 bits per heavy atom. The molecule has 0 aliphatic carbocycles. The molecule has 1 amide bonds. The van der Waals surface area contributed by atoms with Gasteiger partial charge in [0.15, 0.2) is 0 Å². The summed E-state index contributed by atoms with van der Waals surface area (Å²) < 4.78 is 0. The van der Waals surface area contributed by atoms with Crippen molar-refractivity contribution in [3.05, 3.63) is 41.5 Å².